The van der Waals surface area contributed by atoms with Gasteiger partial charge in [-0.05, 0) is 52.5 Å². The summed E-state index contributed by atoms with van der Waals surface area (Å²) in [4.78, 5) is 27.5. The second-order valence-electron chi connectivity index (χ2n) is 10.9. The molecule has 0 amide bonds. The number of benzene rings is 2. The first-order valence-corrected chi connectivity index (χ1v) is 12.5. The van der Waals surface area contributed by atoms with Gasteiger partial charge >= 0.3 is 0 Å². The van der Waals surface area contributed by atoms with Crippen molar-refractivity contribution in [1.29, 1.82) is 0 Å². The predicted molar refractivity (Wildman–Crippen MR) is 135 cm³/mol. The Balaban J connectivity index is 1.70. The van der Waals surface area contributed by atoms with Gasteiger partial charge < -0.3 is 35.7 Å². The molecule has 0 fully saturated rings. The highest BCUT2D eigenvalue weighted by atomic mass is 16.3. The molecule has 0 saturated carbocycles. The first-order valence-electron chi connectivity index (χ1n) is 12.5. The van der Waals surface area contributed by atoms with E-state index in [-0.39, 0.29) is 45.1 Å². The summed E-state index contributed by atoms with van der Waals surface area (Å²) < 4.78 is 0. The number of phenols is 3. The molecule has 4 unspecified atom stereocenters. The fourth-order valence-electron chi connectivity index (χ4n) is 8.00. The molecule has 0 radical (unpaired) electrons. The minimum Gasteiger partial charge on any atom is -0.511 e. The lowest BCUT2D eigenvalue weighted by atomic mass is 9.49. The van der Waals surface area contributed by atoms with E-state index in [1.165, 1.54) is 12.1 Å². The molecule has 6 aliphatic rings. The summed E-state index contributed by atoms with van der Waals surface area (Å²) in [5, 5.41) is 77.1. The SMILES string of the molecule is Cc1cc(O)c2c3c1C1=C(CO)C=C(O)C4C(O)=C5C(O)=CC(=O)C6c7c(O)cc(O)c(c7C3=C(C14)C56)C2=O. The van der Waals surface area contributed by atoms with Gasteiger partial charge in [-0.25, -0.2) is 0 Å². The van der Waals surface area contributed by atoms with Gasteiger partial charge in [0.2, 0.25) is 5.78 Å². The zero-order chi connectivity index (χ0) is 27.4. The van der Waals surface area contributed by atoms with Crippen LogP contribution in [0.4, 0.5) is 0 Å². The number of hydrogen-bond donors (Lipinski definition) is 7. The molecule has 4 atom stereocenters. The third-order valence-electron chi connectivity index (χ3n) is 9.20. The molecule has 7 N–H and O–H groups in total. The van der Waals surface area contributed by atoms with E-state index in [4.69, 9.17) is 0 Å². The number of carbonyl (C=O) groups excluding carboxylic acids is 2. The summed E-state index contributed by atoms with van der Waals surface area (Å²) in [5.74, 6) is -7.57. The van der Waals surface area contributed by atoms with Crippen LogP contribution >= 0.6 is 0 Å². The van der Waals surface area contributed by atoms with Crippen molar-refractivity contribution in [3.05, 3.63) is 97.2 Å². The van der Waals surface area contributed by atoms with Crippen LogP contribution < -0.4 is 0 Å². The molecule has 2 aromatic carbocycles. The van der Waals surface area contributed by atoms with Crippen LogP contribution in [0.3, 0.4) is 0 Å². The van der Waals surface area contributed by atoms with Gasteiger partial charge in [0.25, 0.3) is 0 Å². The molecule has 39 heavy (non-hydrogen) atoms. The Morgan fingerprint density at radius 1 is 0.718 bits per heavy atom. The van der Waals surface area contributed by atoms with E-state index < -0.39 is 59.1 Å². The maximum Gasteiger partial charge on any atom is 0.201 e. The summed E-state index contributed by atoms with van der Waals surface area (Å²) in [5.41, 5.74) is 3.21. The van der Waals surface area contributed by atoms with Crippen molar-refractivity contribution in [3.63, 3.8) is 0 Å². The topological polar surface area (TPSA) is 176 Å². The normalized spacial score (nSPS) is 27.0. The molecule has 0 saturated heterocycles. The summed E-state index contributed by atoms with van der Waals surface area (Å²) in [6, 6.07) is 2.41. The van der Waals surface area contributed by atoms with Crippen molar-refractivity contribution >= 4 is 22.7 Å². The summed E-state index contributed by atoms with van der Waals surface area (Å²) in [7, 11) is 0. The lowest BCUT2D eigenvalue weighted by Gasteiger charge is -2.53. The summed E-state index contributed by atoms with van der Waals surface area (Å²) in [6.45, 7) is 1.25. The number of aliphatic hydroxyl groups is 4. The second-order valence-corrected chi connectivity index (χ2v) is 10.9. The molecular weight excluding hydrogens is 504 g/mol. The first-order chi connectivity index (χ1) is 18.6. The maximum atomic E-state index is 13.9. The van der Waals surface area contributed by atoms with Crippen LogP contribution in [-0.4, -0.2) is 53.9 Å². The van der Waals surface area contributed by atoms with Crippen molar-refractivity contribution in [2.45, 2.75) is 12.8 Å². The molecule has 0 spiro atoms. The molecule has 8 rings (SSSR count). The van der Waals surface area contributed by atoms with Crippen molar-refractivity contribution < 1.29 is 45.3 Å². The van der Waals surface area contributed by atoms with Gasteiger partial charge in [-0.15, -0.1) is 0 Å². The minimum absolute atomic E-state index is 0.0218. The standard InChI is InChI=1S/C30H20O9/c1-7-2-9(32)19-23-15(7)16-8(6-31)3-10(33)20-24(16)28-26-18(12(35)5-14(37)22(26)30(20)39)17-11(34)4-13(36)21(29(19)38)25(17)27(23)28/h2-5,18,20,24,26,31-34,36-37,39H,6H2,1H3. The Morgan fingerprint density at radius 3 is 2.10 bits per heavy atom. The van der Waals surface area contributed by atoms with Crippen LogP contribution in [-0.2, 0) is 4.79 Å². The number of allylic oxidation sites excluding steroid dienone is 4. The highest BCUT2D eigenvalue weighted by Crippen LogP contribution is 2.69. The van der Waals surface area contributed by atoms with E-state index in [9.17, 15) is 45.3 Å². The number of carbonyl (C=O) groups is 2. The number of rotatable bonds is 1. The van der Waals surface area contributed by atoms with Crippen LogP contribution in [0.25, 0.3) is 11.1 Å². The lowest BCUT2D eigenvalue weighted by Crippen LogP contribution is -2.46. The van der Waals surface area contributed by atoms with Crippen LogP contribution in [0, 0.1) is 24.7 Å². The van der Waals surface area contributed by atoms with E-state index in [1.54, 1.807) is 6.92 Å². The monoisotopic (exact) mass is 524 g/mol. The average molecular weight is 524 g/mol. The van der Waals surface area contributed by atoms with Crippen LogP contribution in [0.1, 0.15) is 49.7 Å². The van der Waals surface area contributed by atoms with E-state index >= 15 is 0 Å². The first kappa shape index (κ1) is 22.2. The smallest absolute Gasteiger partial charge is 0.201 e. The van der Waals surface area contributed by atoms with Gasteiger partial charge in [0, 0.05) is 46.2 Å². The highest BCUT2D eigenvalue weighted by Gasteiger charge is 2.60. The fourth-order valence-corrected chi connectivity index (χ4v) is 8.00. The Morgan fingerprint density at radius 2 is 1.38 bits per heavy atom. The molecule has 194 valence electrons. The Bertz CT molecular complexity index is 1860. The summed E-state index contributed by atoms with van der Waals surface area (Å²) in [6.07, 6.45) is 2.31. The molecule has 2 aromatic rings. The number of aromatic hydroxyl groups is 3. The molecule has 9 nitrogen and oxygen atoms in total. The minimum atomic E-state index is -1.15. The molecule has 0 heterocycles. The largest absolute Gasteiger partial charge is 0.511 e. The number of fused-ring (bicyclic) bond motifs is 2. The van der Waals surface area contributed by atoms with Crippen LogP contribution in [0.5, 0.6) is 17.2 Å². The number of aryl methyl sites for hydroxylation is 1. The summed E-state index contributed by atoms with van der Waals surface area (Å²) >= 11 is 0. The Kier molecular flexibility index (Phi) is 3.78. The number of aliphatic hydroxyl groups excluding tert-OH is 4. The van der Waals surface area contributed by atoms with Crippen molar-refractivity contribution in [1.82, 2.24) is 0 Å². The number of ketones is 2. The molecule has 9 heteroatoms. The average Bonchev–Trinajstić information content (AvgIpc) is 2.86. The maximum absolute atomic E-state index is 13.9. The van der Waals surface area contributed by atoms with E-state index in [1.807, 2.05) is 0 Å². The van der Waals surface area contributed by atoms with Crippen LogP contribution in [0.15, 0.2) is 58.3 Å². The molecule has 0 bridgehead atoms. The Labute approximate surface area is 219 Å². The van der Waals surface area contributed by atoms with Crippen molar-refractivity contribution in [3.8, 4) is 17.2 Å². The third-order valence-corrected chi connectivity index (χ3v) is 9.20. The van der Waals surface area contributed by atoms with Crippen LogP contribution in [0.2, 0.25) is 0 Å². The zero-order valence-electron chi connectivity index (χ0n) is 20.3. The lowest BCUT2D eigenvalue weighted by molar-refractivity contribution is -0.117. The molecule has 6 aliphatic carbocycles. The van der Waals surface area contributed by atoms with E-state index in [2.05, 4.69) is 0 Å². The number of phenolic OH excluding ortho intramolecular Hbond substituents is 3. The third kappa shape index (κ3) is 2.21. The van der Waals surface area contributed by atoms with E-state index in [0.29, 0.717) is 39.0 Å². The van der Waals surface area contributed by atoms with Gasteiger partial charge in [0.1, 0.15) is 34.5 Å². The van der Waals surface area contributed by atoms with E-state index in [0.717, 1.165) is 12.1 Å². The van der Waals surface area contributed by atoms with Gasteiger partial charge in [-0.1, -0.05) is 0 Å². The van der Waals surface area contributed by atoms with Gasteiger partial charge in [0.15, 0.2) is 5.78 Å². The van der Waals surface area contributed by atoms with Gasteiger partial charge in [0.05, 0.1) is 29.6 Å². The zero-order valence-corrected chi connectivity index (χ0v) is 20.3. The quantitative estimate of drug-likeness (QED) is 0.251. The Hall–Kier alpha value is -4.76. The molecule has 0 aliphatic heterocycles. The van der Waals surface area contributed by atoms with Gasteiger partial charge in [-0.3, -0.25) is 9.59 Å². The second kappa shape index (κ2) is 6.62. The van der Waals surface area contributed by atoms with Gasteiger partial charge in [-0.2, -0.15) is 0 Å². The fraction of sp³-hybridized carbons (Fsp3) is 0.200. The highest BCUT2D eigenvalue weighted by molar-refractivity contribution is 6.25. The van der Waals surface area contributed by atoms with Crippen molar-refractivity contribution in [2.24, 2.45) is 17.8 Å². The van der Waals surface area contributed by atoms with Crippen molar-refractivity contribution in [2.75, 3.05) is 6.61 Å². The predicted octanol–water partition coefficient (Wildman–Crippen LogP) is 3.47. The molecule has 0 aromatic heterocycles. The number of hydrogen-bond acceptors (Lipinski definition) is 9. The molecular formula is C30H20O9.